The molecule has 0 aliphatic carbocycles. The van der Waals surface area contributed by atoms with Crippen LogP contribution in [0.4, 0.5) is 0 Å². The van der Waals surface area contributed by atoms with Crippen LogP contribution in [-0.4, -0.2) is 62.5 Å². The summed E-state index contributed by atoms with van der Waals surface area (Å²) in [5, 5.41) is 16.6. The second kappa shape index (κ2) is 11.4. The van der Waals surface area contributed by atoms with Gasteiger partial charge in [-0.05, 0) is 44.1 Å². The Morgan fingerprint density at radius 1 is 1.14 bits per heavy atom. The summed E-state index contributed by atoms with van der Waals surface area (Å²) in [7, 11) is 0. The van der Waals surface area contributed by atoms with Crippen LogP contribution in [0, 0.1) is 17.8 Å². The van der Waals surface area contributed by atoms with Gasteiger partial charge in [-0.2, -0.15) is 0 Å². The molecule has 2 unspecified atom stereocenters. The largest absolute Gasteiger partial charge is 0.394 e. The van der Waals surface area contributed by atoms with Gasteiger partial charge in [-0.15, -0.1) is 11.8 Å². The number of nitrogens with one attached hydrogen (secondary N) is 2. The summed E-state index contributed by atoms with van der Waals surface area (Å²) in [4.78, 5) is 43.4. The molecule has 2 bridgehead atoms. The van der Waals surface area contributed by atoms with Crippen LogP contribution in [-0.2, 0) is 20.9 Å². The maximum absolute atomic E-state index is 14.2. The lowest BCUT2D eigenvalue weighted by Crippen LogP contribution is -2.56. The van der Waals surface area contributed by atoms with Crippen molar-refractivity contribution >= 4 is 29.5 Å². The molecule has 7 nitrogen and oxygen atoms in total. The number of fused-ring (bicyclic) bond motifs is 1. The van der Waals surface area contributed by atoms with Crippen LogP contribution in [0.1, 0.15) is 71.8 Å². The van der Waals surface area contributed by atoms with E-state index < -0.39 is 33.4 Å². The molecule has 0 aromatic heterocycles. The highest BCUT2D eigenvalue weighted by molar-refractivity contribution is 8.02. The fourth-order valence-corrected chi connectivity index (χ4v) is 9.20. The first-order valence-corrected chi connectivity index (χ1v) is 14.7. The quantitative estimate of drug-likeness (QED) is 0.360. The molecule has 4 rings (SSSR count). The fraction of sp³-hybridized carbons (Fsp3) is 0.690. The number of likely N-dealkylation sites (tertiary alicyclic amines) is 1. The predicted molar refractivity (Wildman–Crippen MR) is 147 cm³/mol. The summed E-state index contributed by atoms with van der Waals surface area (Å²) < 4.78 is -1.06. The van der Waals surface area contributed by atoms with Gasteiger partial charge < -0.3 is 20.6 Å². The first-order valence-electron chi connectivity index (χ1n) is 13.9. The molecule has 3 heterocycles. The lowest BCUT2D eigenvalue weighted by Gasteiger charge is -2.37. The van der Waals surface area contributed by atoms with Crippen molar-refractivity contribution in [2.24, 2.45) is 17.8 Å². The molecular weight excluding hydrogens is 486 g/mol. The molecule has 0 saturated carbocycles. The number of amides is 3. The number of hydrogen-bond acceptors (Lipinski definition) is 5. The minimum Gasteiger partial charge on any atom is -0.394 e. The minimum absolute atomic E-state index is 0.118. The molecule has 3 fully saturated rings. The molecule has 3 aliphatic rings. The van der Waals surface area contributed by atoms with Crippen molar-refractivity contribution in [1.82, 2.24) is 15.5 Å². The lowest BCUT2D eigenvalue weighted by atomic mass is 9.66. The number of carbonyl (C=O) groups excluding carboxylic acids is 3. The summed E-state index contributed by atoms with van der Waals surface area (Å²) in [6.07, 6.45) is 5.10. The third kappa shape index (κ3) is 5.16. The molecule has 204 valence electrons. The van der Waals surface area contributed by atoms with Gasteiger partial charge in [-0.25, -0.2) is 0 Å². The molecule has 3 amide bonds. The fourth-order valence-electron chi connectivity index (χ4n) is 6.86. The number of aliphatic hydroxyl groups is 1. The molecule has 0 radical (unpaired) electrons. The lowest BCUT2D eigenvalue weighted by molar-refractivity contribution is -0.143. The van der Waals surface area contributed by atoms with Crippen molar-refractivity contribution < 1.29 is 19.5 Å². The van der Waals surface area contributed by atoms with E-state index in [-0.39, 0.29) is 30.2 Å². The first kappa shape index (κ1) is 28.0. The van der Waals surface area contributed by atoms with Gasteiger partial charge in [0, 0.05) is 17.8 Å². The van der Waals surface area contributed by atoms with E-state index in [1.807, 2.05) is 30.3 Å². The predicted octanol–water partition coefficient (Wildman–Crippen LogP) is 3.50. The Morgan fingerprint density at radius 3 is 2.51 bits per heavy atom. The molecule has 37 heavy (non-hydrogen) atoms. The van der Waals surface area contributed by atoms with Gasteiger partial charge in [0.2, 0.25) is 17.7 Å². The summed E-state index contributed by atoms with van der Waals surface area (Å²) in [5.41, 5.74) is 1.01. The van der Waals surface area contributed by atoms with Gasteiger partial charge in [0.1, 0.15) is 6.04 Å². The highest BCUT2D eigenvalue weighted by atomic mass is 32.2. The average Bonchev–Trinajstić information content (AvgIpc) is 3.45. The highest BCUT2D eigenvalue weighted by Gasteiger charge is 2.77. The Morgan fingerprint density at radius 2 is 1.86 bits per heavy atom. The van der Waals surface area contributed by atoms with Gasteiger partial charge in [-0.1, -0.05) is 63.9 Å². The zero-order valence-corrected chi connectivity index (χ0v) is 23.5. The Labute approximate surface area is 225 Å². The number of benzene rings is 1. The minimum atomic E-state index is -0.679. The standard InChI is InChI=1S/C29H43N3O4S/c1-5-6-10-15-30-26(35)24-29-14-13-28(4,37-29)22(25(34)31-17-20-11-8-7-9-12-20)23(29)27(36)32(24)21(18-33)16-19(2)3/h7-9,11-12,19,21-24,33H,5-6,10,13-18H2,1-4H3,(H,30,35)(H,31,34)/t21-,22+,23+,24?,28-,29?/m1/s1. The monoisotopic (exact) mass is 529 g/mol. The summed E-state index contributed by atoms with van der Waals surface area (Å²) in [6.45, 7) is 9.11. The zero-order valence-electron chi connectivity index (χ0n) is 22.7. The number of unbranched alkanes of at least 4 members (excludes halogenated alkanes) is 2. The average molecular weight is 530 g/mol. The summed E-state index contributed by atoms with van der Waals surface area (Å²) in [5.74, 6) is -1.24. The second-order valence-corrected chi connectivity index (χ2v) is 13.5. The van der Waals surface area contributed by atoms with Crippen LogP contribution in [0.15, 0.2) is 30.3 Å². The van der Waals surface area contributed by atoms with E-state index in [2.05, 4.69) is 38.3 Å². The Balaban J connectivity index is 1.65. The van der Waals surface area contributed by atoms with E-state index in [1.54, 1.807) is 16.7 Å². The van der Waals surface area contributed by atoms with E-state index in [0.717, 1.165) is 37.7 Å². The second-order valence-electron chi connectivity index (χ2n) is 11.6. The van der Waals surface area contributed by atoms with Crippen molar-refractivity contribution in [1.29, 1.82) is 0 Å². The van der Waals surface area contributed by atoms with E-state index in [9.17, 15) is 19.5 Å². The topological polar surface area (TPSA) is 98.7 Å². The highest BCUT2D eigenvalue weighted by Crippen LogP contribution is 2.71. The number of hydrogen-bond donors (Lipinski definition) is 3. The number of carbonyl (C=O) groups is 3. The number of thioether (sulfide) groups is 1. The van der Waals surface area contributed by atoms with Crippen LogP contribution in [0.3, 0.4) is 0 Å². The molecular formula is C29H43N3O4S. The molecule has 3 aliphatic heterocycles. The molecule has 3 saturated heterocycles. The third-order valence-electron chi connectivity index (χ3n) is 8.48. The SMILES string of the molecule is CCCCCNC(=O)C1N([C@@H](CO)CC(C)C)C(=O)[C@@H]2[C@@H](C(=O)NCc3ccccc3)[C@@]3(C)CCC12S3. The molecule has 3 N–H and O–H groups in total. The number of aliphatic hydroxyl groups excluding tert-OH is 1. The van der Waals surface area contributed by atoms with Gasteiger partial charge in [0.25, 0.3) is 0 Å². The van der Waals surface area contributed by atoms with Gasteiger partial charge in [-0.3, -0.25) is 14.4 Å². The van der Waals surface area contributed by atoms with Gasteiger partial charge in [0.15, 0.2) is 0 Å². The van der Waals surface area contributed by atoms with Crippen molar-refractivity contribution in [3.63, 3.8) is 0 Å². The molecule has 6 atom stereocenters. The van der Waals surface area contributed by atoms with E-state index in [4.69, 9.17) is 0 Å². The molecule has 1 aromatic carbocycles. The van der Waals surface area contributed by atoms with E-state index in [1.165, 1.54) is 0 Å². The number of rotatable bonds is 12. The number of nitrogens with zero attached hydrogens (tertiary/aromatic N) is 1. The van der Waals surface area contributed by atoms with Crippen LogP contribution in [0.5, 0.6) is 0 Å². The normalized spacial score (nSPS) is 31.0. The van der Waals surface area contributed by atoms with Crippen LogP contribution >= 0.6 is 11.8 Å². The Hall–Kier alpha value is -2.06. The van der Waals surface area contributed by atoms with Crippen molar-refractivity contribution in [2.45, 2.75) is 94.3 Å². The van der Waals surface area contributed by atoms with Crippen molar-refractivity contribution in [3.8, 4) is 0 Å². The maximum Gasteiger partial charge on any atom is 0.244 e. The molecule has 8 heteroatoms. The van der Waals surface area contributed by atoms with Crippen LogP contribution < -0.4 is 10.6 Å². The summed E-state index contributed by atoms with van der Waals surface area (Å²) >= 11 is 1.68. The van der Waals surface area contributed by atoms with Gasteiger partial charge in [0.05, 0.1) is 29.2 Å². The molecule has 1 spiro atoms. The van der Waals surface area contributed by atoms with Gasteiger partial charge >= 0.3 is 0 Å². The van der Waals surface area contributed by atoms with E-state index in [0.29, 0.717) is 19.5 Å². The van der Waals surface area contributed by atoms with Crippen LogP contribution in [0.2, 0.25) is 0 Å². The smallest absolute Gasteiger partial charge is 0.244 e. The summed E-state index contributed by atoms with van der Waals surface area (Å²) in [6, 6.07) is 8.64. The van der Waals surface area contributed by atoms with Crippen molar-refractivity contribution in [3.05, 3.63) is 35.9 Å². The Kier molecular flexibility index (Phi) is 8.58. The third-order valence-corrected chi connectivity index (χ3v) is 10.5. The van der Waals surface area contributed by atoms with Crippen LogP contribution in [0.25, 0.3) is 0 Å². The molecule has 1 aromatic rings. The first-order chi connectivity index (χ1) is 17.7. The zero-order chi connectivity index (χ0) is 26.8. The van der Waals surface area contributed by atoms with Crippen molar-refractivity contribution in [2.75, 3.05) is 13.2 Å². The maximum atomic E-state index is 14.2. The van der Waals surface area contributed by atoms with E-state index >= 15 is 0 Å². The Bertz CT molecular complexity index is 989.